The molecule has 3 nitrogen and oxygen atoms in total. The Bertz CT molecular complexity index is 549. The third-order valence-electron chi connectivity index (χ3n) is 3.31. The second kappa shape index (κ2) is 5.65. The molecule has 0 radical (unpaired) electrons. The van der Waals surface area contributed by atoms with Crippen LogP contribution in [0, 0.1) is 6.92 Å². The Balaban J connectivity index is 2.27. The van der Waals surface area contributed by atoms with Gasteiger partial charge in [0, 0.05) is 31.2 Å². The van der Waals surface area contributed by atoms with Crippen molar-refractivity contribution in [2.75, 3.05) is 31.4 Å². The SMILES string of the molecule is CNc1ccc(N(C)c2ccc(OC)c(C)c2)cc1. The molecule has 1 N–H and O–H groups in total. The lowest BCUT2D eigenvalue weighted by Crippen LogP contribution is -2.09. The molecule has 100 valence electrons. The van der Waals surface area contributed by atoms with Crippen molar-refractivity contribution in [2.24, 2.45) is 0 Å². The van der Waals surface area contributed by atoms with E-state index in [1.165, 1.54) is 0 Å². The minimum atomic E-state index is 0.919. The van der Waals surface area contributed by atoms with E-state index in [1.54, 1.807) is 7.11 Å². The van der Waals surface area contributed by atoms with Gasteiger partial charge < -0.3 is 15.0 Å². The molecule has 0 fully saturated rings. The van der Waals surface area contributed by atoms with E-state index in [1.807, 2.05) is 13.1 Å². The largest absolute Gasteiger partial charge is 0.496 e. The fourth-order valence-corrected chi connectivity index (χ4v) is 2.07. The summed E-state index contributed by atoms with van der Waals surface area (Å²) in [6.45, 7) is 2.06. The summed E-state index contributed by atoms with van der Waals surface area (Å²) < 4.78 is 5.29. The average molecular weight is 256 g/mol. The van der Waals surface area contributed by atoms with Crippen LogP contribution in [0.3, 0.4) is 0 Å². The Kier molecular flexibility index (Phi) is 3.95. The molecule has 0 bridgehead atoms. The third-order valence-corrected chi connectivity index (χ3v) is 3.31. The van der Waals surface area contributed by atoms with Crippen LogP contribution in [0.5, 0.6) is 5.75 Å². The van der Waals surface area contributed by atoms with Crippen LogP contribution >= 0.6 is 0 Å². The Morgan fingerprint density at radius 2 is 1.63 bits per heavy atom. The fourth-order valence-electron chi connectivity index (χ4n) is 2.07. The molecular weight excluding hydrogens is 236 g/mol. The quantitative estimate of drug-likeness (QED) is 0.900. The van der Waals surface area contributed by atoms with Gasteiger partial charge in [-0.15, -0.1) is 0 Å². The molecule has 0 saturated heterocycles. The normalized spacial score (nSPS) is 10.1. The lowest BCUT2D eigenvalue weighted by atomic mass is 10.1. The lowest BCUT2D eigenvalue weighted by molar-refractivity contribution is 0.412. The first-order valence-corrected chi connectivity index (χ1v) is 6.32. The molecule has 0 amide bonds. The van der Waals surface area contributed by atoms with Gasteiger partial charge in [0.15, 0.2) is 0 Å². The Morgan fingerprint density at radius 3 is 2.16 bits per heavy atom. The van der Waals surface area contributed by atoms with Crippen molar-refractivity contribution in [3.8, 4) is 5.75 Å². The summed E-state index contributed by atoms with van der Waals surface area (Å²) in [5.74, 6) is 0.919. The van der Waals surface area contributed by atoms with Gasteiger partial charge in [-0.05, 0) is 55.0 Å². The molecule has 2 rings (SSSR count). The average Bonchev–Trinajstić information content (AvgIpc) is 2.46. The Morgan fingerprint density at radius 1 is 1.00 bits per heavy atom. The highest BCUT2D eigenvalue weighted by Crippen LogP contribution is 2.28. The first-order valence-electron chi connectivity index (χ1n) is 6.32. The maximum atomic E-state index is 5.29. The molecule has 2 aromatic rings. The van der Waals surface area contributed by atoms with E-state index in [0.29, 0.717) is 0 Å². The van der Waals surface area contributed by atoms with Crippen LogP contribution in [0.4, 0.5) is 17.1 Å². The van der Waals surface area contributed by atoms with Crippen LogP contribution < -0.4 is 15.0 Å². The van der Waals surface area contributed by atoms with Crippen molar-refractivity contribution in [1.29, 1.82) is 0 Å². The third kappa shape index (κ3) is 2.81. The Hall–Kier alpha value is -2.16. The predicted octanol–water partition coefficient (Wildman–Crippen LogP) is 3.81. The summed E-state index contributed by atoms with van der Waals surface area (Å²) in [6.07, 6.45) is 0. The van der Waals surface area contributed by atoms with Gasteiger partial charge in [-0.2, -0.15) is 0 Å². The van der Waals surface area contributed by atoms with Gasteiger partial charge in [0.2, 0.25) is 0 Å². The van der Waals surface area contributed by atoms with Gasteiger partial charge >= 0.3 is 0 Å². The van der Waals surface area contributed by atoms with Crippen LogP contribution in [0.1, 0.15) is 5.56 Å². The highest BCUT2D eigenvalue weighted by Gasteiger charge is 2.06. The zero-order chi connectivity index (χ0) is 13.8. The first-order chi connectivity index (χ1) is 9.15. The minimum absolute atomic E-state index is 0.919. The fraction of sp³-hybridized carbons (Fsp3) is 0.250. The van der Waals surface area contributed by atoms with E-state index in [9.17, 15) is 0 Å². The summed E-state index contributed by atoms with van der Waals surface area (Å²) in [5.41, 5.74) is 4.56. The summed E-state index contributed by atoms with van der Waals surface area (Å²) in [6, 6.07) is 14.5. The van der Waals surface area contributed by atoms with Crippen molar-refractivity contribution in [3.05, 3.63) is 48.0 Å². The molecule has 0 heterocycles. The topological polar surface area (TPSA) is 24.5 Å². The van der Waals surface area contributed by atoms with E-state index in [2.05, 4.69) is 60.6 Å². The number of anilines is 3. The molecule has 19 heavy (non-hydrogen) atoms. The predicted molar refractivity (Wildman–Crippen MR) is 81.8 cm³/mol. The van der Waals surface area contributed by atoms with E-state index in [4.69, 9.17) is 4.74 Å². The molecule has 0 unspecified atom stereocenters. The molecule has 3 heteroatoms. The number of hydrogen-bond acceptors (Lipinski definition) is 3. The molecule has 0 aliphatic heterocycles. The molecule has 0 atom stereocenters. The van der Waals surface area contributed by atoms with Gasteiger partial charge in [0.25, 0.3) is 0 Å². The van der Waals surface area contributed by atoms with E-state index in [0.717, 1.165) is 28.4 Å². The summed E-state index contributed by atoms with van der Waals surface area (Å²) in [4.78, 5) is 2.16. The number of benzene rings is 2. The van der Waals surface area contributed by atoms with Gasteiger partial charge in [0.05, 0.1) is 7.11 Å². The Labute approximate surface area is 114 Å². The zero-order valence-corrected chi connectivity index (χ0v) is 11.9. The summed E-state index contributed by atoms with van der Waals surface area (Å²) >= 11 is 0. The molecule has 0 saturated carbocycles. The second-order valence-electron chi connectivity index (χ2n) is 4.51. The maximum absolute atomic E-state index is 5.29. The number of methoxy groups -OCH3 is 1. The van der Waals surface area contributed by atoms with Crippen molar-refractivity contribution in [1.82, 2.24) is 0 Å². The van der Waals surface area contributed by atoms with Crippen molar-refractivity contribution < 1.29 is 4.74 Å². The summed E-state index contributed by atoms with van der Waals surface area (Å²) in [5, 5.41) is 3.12. The molecule has 0 aromatic heterocycles. The lowest BCUT2D eigenvalue weighted by Gasteiger charge is -2.21. The van der Waals surface area contributed by atoms with Crippen molar-refractivity contribution in [3.63, 3.8) is 0 Å². The van der Waals surface area contributed by atoms with Crippen LogP contribution in [0.25, 0.3) is 0 Å². The van der Waals surface area contributed by atoms with Gasteiger partial charge in [0.1, 0.15) is 5.75 Å². The van der Waals surface area contributed by atoms with Gasteiger partial charge in [-0.25, -0.2) is 0 Å². The van der Waals surface area contributed by atoms with E-state index >= 15 is 0 Å². The standard InChI is InChI=1S/C16H20N2O/c1-12-11-15(9-10-16(12)19-4)18(3)14-7-5-13(17-2)6-8-14/h5-11,17H,1-4H3. The summed E-state index contributed by atoms with van der Waals surface area (Å²) in [7, 11) is 5.68. The van der Waals surface area contributed by atoms with Crippen LogP contribution in [-0.4, -0.2) is 21.2 Å². The smallest absolute Gasteiger partial charge is 0.121 e. The number of rotatable bonds is 4. The number of hydrogen-bond donors (Lipinski definition) is 1. The number of ether oxygens (including phenoxy) is 1. The van der Waals surface area contributed by atoms with Crippen LogP contribution in [-0.2, 0) is 0 Å². The molecule has 0 aliphatic carbocycles. The zero-order valence-electron chi connectivity index (χ0n) is 11.9. The molecule has 0 aliphatic rings. The van der Waals surface area contributed by atoms with Crippen LogP contribution in [0.15, 0.2) is 42.5 Å². The monoisotopic (exact) mass is 256 g/mol. The van der Waals surface area contributed by atoms with E-state index in [-0.39, 0.29) is 0 Å². The number of nitrogens with zero attached hydrogens (tertiary/aromatic N) is 1. The van der Waals surface area contributed by atoms with Gasteiger partial charge in [-0.3, -0.25) is 0 Å². The van der Waals surface area contributed by atoms with Crippen molar-refractivity contribution in [2.45, 2.75) is 6.92 Å². The molecule has 2 aromatic carbocycles. The van der Waals surface area contributed by atoms with Crippen LogP contribution in [0.2, 0.25) is 0 Å². The molecule has 0 spiro atoms. The highest BCUT2D eigenvalue weighted by molar-refractivity contribution is 5.66. The highest BCUT2D eigenvalue weighted by atomic mass is 16.5. The maximum Gasteiger partial charge on any atom is 0.121 e. The minimum Gasteiger partial charge on any atom is -0.496 e. The number of nitrogens with one attached hydrogen (secondary N) is 1. The van der Waals surface area contributed by atoms with Crippen molar-refractivity contribution >= 4 is 17.1 Å². The second-order valence-corrected chi connectivity index (χ2v) is 4.51. The number of aryl methyl sites for hydroxylation is 1. The first kappa shape index (κ1) is 13.3. The van der Waals surface area contributed by atoms with E-state index < -0.39 is 0 Å². The van der Waals surface area contributed by atoms with Gasteiger partial charge in [-0.1, -0.05) is 0 Å². The molecular formula is C16H20N2O.